The lowest BCUT2D eigenvalue weighted by Crippen LogP contribution is -2.13. The number of halogens is 1. The van der Waals surface area contributed by atoms with Gasteiger partial charge in [0.05, 0.1) is 17.6 Å². The maximum Gasteiger partial charge on any atom is 0.236 e. The minimum Gasteiger partial charge on any atom is -0.497 e. The van der Waals surface area contributed by atoms with Crippen molar-refractivity contribution in [1.82, 2.24) is 4.98 Å². The Kier molecular flexibility index (Phi) is 4.78. The van der Waals surface area contributed by atoms with Crippen LogP contribution in [0.15, 0.2) is 47.4 Å². The SMILES string of the molecule is COc1ccc(SCC(=O)Nc2nc3c(F)cccc3s2)cc1. The molecule has 0 aliphatic carbocycles. The summed E-state index contributed by atoms with van der Waals surface area (Å²) in [6, 6.07) is 12.2. The number of nitrogens with one attached hydrogen (secondary N) is 1. The van der Waals surface area contributed by atoms with Crippen LogP contribution in [0, 0.1) is 5.82 Å². The molecule has 1 aromatic heterocycles. The van der Waals surface area contributed by atoms with Gasteiger partial charge >= 0.3 is 0 Å². The lowest BCUT2D eigenvalue weighted by Gasteiger charge is -2.03. The summed E-state index contributed by atoms with van der Waals surface area (Å²) in [6.45, 7) is 0. The van der Waals surface area contributed by atoms with Crippen LogP contribution in [0.3, 0.4) is 0 Å². The number of thioether (sulfide) groups is 1. The zero-order valence-corrected chi connectivity index (χ0v) is 13.8. The lowest BCUT2D eigenvalue weighted by atomic mass is 10.3. The summed E-state index contributed by atoms with van der Waals surface area (Å²) in [6.07, 6.45) is 0. The second-order valence-electron chi connectivity index (χ2n) is 4.62. The van der Waals surface area contributed by atoms with Crippen molar-refractivity contribution < 1.29 is 13.9 Å². The molecule has 0 aliphatic rings. The molecule has 3 rings (SSSR count). The Hall–Kier alpha value is -2.12. The zero-order chi connectivity index (χ0) is 16.2. The van der Waals surface area contributed by atoms with Crippen LogP contribution in [0.5, 0.6) is 5.75 Å². The number of carbonyl (C=O) groups excluding carboxylic acids is 1. The summed E-state index contributed by atoms with van der Waals surface area (Å²) in [5, 5.41) is 3.12. The summed E-state index contributed by atoms with van der Waals surface area (Å²) < 4.78 is 19.4. The molecule has 0 unspecified atom stereocenters. The van der Waals surface area contributed by atoms with Crippen LogP contribution in [-0.2, 0) is 4.79 Å². The third kappa shape index (κ3) is 3.80. The van der Waals surface area contributed by atoms with Crippen LogP contribution >= 0.6 is 23.1 Å². The minimum atomic E-state index is -0.383. The number of carbonyl (C=O) groups is 1. The quantitative estimate of drug-likeness (QED) is 0.703. The van der Waals surface area contributed by atoms with E-state index in [1.54, 1.807) is 19.2 Å². The number of hydrogen-bond donors (Lipinski definition) is 1. The van der Waals surface area contributed by atoms with Gasteiger partial charge in [0.2, 0.25) is 5.91 Å². The van der Waals surface area contributed by atoms with E-state index in [0.29, 0.717) is 9.83 Å². The molecule has 3 aromatic rings. The maximum absolute atomic E-state index is 13.6. The number of ether oxygens (including phenoxy) is 1. The minimum absolute atomic E-state index is 0.176. The fourth-order valence-corrected chi connectivity index (χ4v) is 3.54. The highest BCUT2D eigenvalue weighted by Gasteiger charge is 2.10. The van der Waals surface area contributed by atoms with Gasteiger partial charge in [0, 0.05) is 4.90 Å². The Bertz CT molecular complexity index is 834. The summed E-state index contributed by atoms with van der Waals surface area (Å²) in [4.78, 5) is 17.1. The number of benzene rings is 2. The van der Waals surface area contributed by atoms with Gasteiger partial charge in [-0.25, -0.2) is 9.37 Å². The molecule has 0 spiro atoms. The summed E-state index contributed by atoms with van der Waals surface area (Å²) in [5.41, 5.74) is 0.288. The second kappa shape index (κ2) is 6.97. The first-order valence-electron chi connectivity index (χ1n) is 6.77. The first kappa shape index (κ1) is 15.8. The Balaban J connectivity index is 1.60. The number of anilines is 1. The smallest absolute Gasteiger partial charge is 0.236 e. The molecule has 0 radical (unpaired) electrons. The number of para-hydroxylation sites is 1. The molecule has 23 heavy (non-hydrogen) atoms. The largest absolute Gasteiger partial charge is 0.497 e. The molecule has 4 nitrogen and oxygen atoms in total. The molecule has 1 amide bonds. The van der Waals surface area contributed by atoms with Gasteiger partial charge in [-0.1, -0.05) is 17.4 Å². The van der Waals surface area contributed by atoms with E-state index in [4.69, 9.17) is 4.74 Å². The molecule has 0 bridgehead atoms. The zero-order valence-electron chi connectivity index (χ0n) is 12.2. The molecule has 0 aliphatic heterocycles. The highest BCUT2D eigenvalue weighted by atomic mass is 32.2. The third-order valence-electron chi connectivity index (χ3n) is 3.05. The molecule has 7 heteroatoms. The third-order valence-corrected chi connectivity index (χ3v) is 4.99. The van der Waals surface area contributed by atoms with Gasteiger partial charge in [-0.05, 0) is 36.4 Å². The number of aromatic nitrogens is 1. The molecule has 0 atom stereocenters. The molecule has 0 saturated carbocycles. The first-order chi connectivity index (χ1) is 11.2. The number of thiazole rings is 1. The van der Waals surface area contributed by atoms with Gasteiger partial charge in [0.1, 0.15) is 17.1 Å². The summed E-state index contributed by atoms with van der Waals surface area (Å²) in [7, 11) is 1.61. The van der Waals surface area contributed by atoms with E-state index in [2.05, 4.69) is 10.3 Å². The van der Waals surface area contributed by atoms with Gasteiger partial charge in [-0.3, -0.25) is 4.79 Å². The van der Waals surface area contributed by atoms with Crippen LogP contribution in [0.2, 0.25) is 0 Å². The van der Waals surface area contributed by atoms with Crippen molar-refractivity contribution in [3.63, 3.8) is 0 Å². The molecule has 0 fully saturated rings. The van der Waals surface area contributed by atoms with Crippen LogP contribution in [-0.4, -0.2) is 23.8 Å². The van der Waals surface area contributed by atoms with E-state index < -0.39 is 0 Å². The van der Waals surface area contributed by atoms with Gasteiger partial charge in [-0.15, -0.1) is 11.8 Å². The highest BCUT2D eigenvalue weighted by Crippen LogP contribution is 2.28. The van der Waals surface area contributed by atoms with Crippen molar-refractivity contribution in [1.29, 1.82) is 0 Å². The predicted octanol–water partition coefficient (Wildman–Crippen LogP) is 4.17. The van der Waals surface area contributed by atoms with Crippen LogP contribution in [0.25, 0.3) is 10.2 Å². The van der Waals surface area contributed by atoms with Crippen LogP contribution in [0.1, 0.15) is 0 Å². The van der Waals surface area contributed by atoms with Gasteiger partial charge in [-0.2, -0.15) is 0 Å². The topological polar surface area (TPSA) is 51.2 Å². The fourth-order valence-electron chi connectivity index (χ4n) is 1.94. The predicted molar refractivity (Wildman–Crippen MR) is 91.9 cm³/mol. The standard InChI is InChI=1S/C16H13FN2O2S2/c1-21-10-5-7-11(8-6-10)22-9-14(20)18-16-19-15-12(17)3-2-4-13(15)23-16/h2-8H,9H2,1H3,(H,18,19,20). The van der Waals surface area contributed by atoms with Gasteiger partial charge in [0.25, 0.3) is 0 Å². The van der Waals surface area contributed by atoms with Crippen molar-refractivity contribution in [3.05, 3.63) is 48.3 Å². The molecule has 1 heterocycles. The number of rotatable bonds is 5. The molecule has 0 saturated heterocycles. The van der Waals surface area contributed by atoms with Crippen molar-refractivity contribution in [2.75, 3.05) is 18.2 Å². The Morgan fingerprint density at radius 3 is 2.78 bits per heavy atom. The normalized spacial score (nSPS) is 10.7. The summed E-state index contributed by atoms with van der Waals surface area (Å²) >= 11 is 2.67. The van der Waals surface area contributed by atoms with Crippen molar-refractivity contribution >= 4 is 44.4 Å². The van der Waals surface area contributed by atoms with Crippen molar-refractivity contribution in [2.24, 2.45) is 0 Å². The average molecular weight is 348 g/mol. The monoisotopic (exact) mass is 348 g/mol. The Labute approximate surface area is 140 Å². The number of methoxy groups -OCH3 is 1. The number of amides is 1. The second-order valence-corrected chi connectivity index (χ2v) is 6.70. The van der Waals surface area contributed by atoms with Crippen molar-refractivity contribution in [2.45, 2.75) is 4.90 Å². The number of fused-ring (bicyclic) bond motifs is 1. The highest BCUT2D eigenvalue weighted by molar-refractivity contribution is 8.00. The van der Waals surface area contributed by atoms with E-state index in [9.17, 15) is 9.18 Å². The van der Waals surface area contributed by atoms with E-state index in [-0.39, 0.29) is 23.0 Å². The Morgan fingerprint density at radius 1 is 1.30 bits per heavy atom. The number of hydrogen-bond acceptors (Lipinski definition) is 5. The van der Waals surface area contributed by atoms with E-state index in [1.165, 1.54) is 29.2 Å². The molecule has 1 N–H and O–H groups in total. The molecule has 2 aromatic carbocycles. The average Bonchev–Trinajstić information content (AvgIpc) is 2.97. The maximum atomic E-state index is 13.6. The molecular formula is C16H13FN2O2S2. The van der Waals surface area contributed by atoms with E-state index >= 15 is 0 Å². The number of nitrogens with zero attached hydrogens (tertiary/aromatic N) is 1. The fraction of sp³-hybridized carbons (Fsp3) is 0.125. The lowest BCUT2D eigenvalue weighted by molar-refractivity contribution is -0.113. The Morgan fingerprint density at radius 2 is 2.09 bits per heavy atom. The van der Waals surface area contributed by atoms with Gasteiger partial charge in [0.15, 0.2) is 5.13 Å². The first-order valence-corrected chi connectivity index (χ1v) is 8.57. The van der Waals surface area contributed by atoms with E-state index in [1.807, 2.05) is 24.3 Å². The molecule has 118 valence electrons. The van der Waals surface area contributed by atoms with Gasteiger partial charge < -0.3 is 10.1 Å². The van der Waals surface area contributed by atoms with E-state index in [0.717, 1.165) is 10.6 Å². The summed E-state index contributed by atoms with van der Waals surface area (Å²) in [5.74, 6) is 0.470. The van der Waals surface area contributed by atoms with Crippen LogP contribution < -0.4 is 10.1 Å². The molecular weight excluding hydrogens is 335 g/mol. The van der Waals surface area contributed by atoms with Crippen molar-refractivity contribution in [3.8, 4) is 5.75 Å². The van der Waals surface area contributed by atoms with Crippen LogP contribution in [0.4, 0.5) is 9.52 Å².